The van der Waals surface area contributed by atoms with Crippen LogP contribution in [0.3, 0.4) is 0 Å². The fourth-order valence-electron chi connectivity index (χ4n) is 3.67. The monoisotopic (exact) mass is 377 g/mol. The number of carboxylic acid groups (broad SMARTS) is 1. The van der Waals surface area contributed by atoms with E-state index in [0.29, 0.717) is 5.69 Å². The van der Waals surface area contributed by atoms with Gasteiger partial charge in [0.2, 0.25) is 0 Å². The van der Waals surface area contributed by atoms with Crippen molar-refractivity contribution in [3.05, 3.63) is 76.6 Å². The number of aryl methyl sites for hydroxylation is 1. The lowest BCUT2D eigenvalue weighted by molar-refractivity contribution is -0.118. The molecule has 0 aromatic heterocycles. The first-order chi connectivity index (χ1) is 13.4. The average Bonchev–Trinajstić information content (AvgIpc) is 3.49. The van der Waals surface area contributed by atoms with E-state index in [1.54, 1.807) is 12.1 Å². The number of rotatable bonds is 5. The van der Waals surface area contributed by atoms with Crippen molar-refractivity contribution in [2.24, 2.45) is 5.92 Å². The Balaban J connectivity index is 1.89. The Morgan fingerprint density at radius 3 is 2.43 bits per heavy atom. The normalized spacial score (nSPS) is 19.2. The lowest BCUT2D eigenvalue weighted by atomic mass is 9.91. The molecule has 2 aromatic carbocycles. The lowest BCUT2D eigenvalue weighted by Crippen LogP contribution is -2.31. The highest BCUT2D eigenvalue weighted by Gasteiger charge is 2.48. The van der Waals surface area contributed by atoms with Gasteiger partial charge in [-0.1, -0.05) is 30.3 Å². The van der Waals surface area contributed by atoms with Crippen LogP contribution >= 0.6 is 0 Å². The van der Waals surface area contributed by atoms with Gasteiger partial charge in [-0.3, -0.25) is 14.5 Å². The summed E-state index contributed by atoms with van der Waals surface area (Å²) in [4.78, 5) is 38.6. The minimum Gasteiger partial charge on any atom is -0.503 e. The molecule has 0 spiro atoms. The van der Waals surface area contributed by atoms with Crippen molar-refractivity contribution in [3.8, 4) is 0 Å². The summed E-state index contributed by atoms with van der Waals surface area (Å²) in [6.45, 7) is 1.88. The first-order valence-electron chi connectivity index (χ1n) is 9.10. The second-order valence-electron chi connectivity index (χ2n) is 7.19. The molecule has 1 amide bonds. The van der Waals surface area contributed by atoms with E-state index in [1.807, 2.05) is 31.2 Å². The summed E-state index contributed by atoms with van der Waals surface area (Å²) in [5.74, 6) is -2.74. The number of aliphatic hydroxyl groups is 1. The quantitative estimate of drug-likeness (QED) is 0.831. The van der Waals surface area contributed by atoms with E-state index in [2.05, 4.69) is 0 Å². The number of carbonyl (C=O) groups excluding carboxylic acids is 2. The van der Waals surface area contributed by atoms with E-state index in [1.165, 1.54) is 17.0 Å². The Morgan fingerprint density at radius 2 is 1.79 bits per heavy atom. The maximum Gasteiger partial charge on any atom is 0.335 e. The molecule has 1 heterocycles. The molecule has 2 aromatic rings. The zero-order valence-electron chi connectivity index (χ0n) is 15.3. The molecule has 0 saturated heterocycles. The Kier molecular flexibility index (Phi) is 4.26. The summed E-state index contributed by atoms with van der Waals surface area (Å²) in [5.41, 5.74) is 2.04. The fourth-order valence-corrected chi connectivity index (χ4v) is 3.67. The Morgan fingerprint density at radius 1 is 1.07 bits per heavy atom. The van der Waals surface area contributed by atoms with Crippen molar-refractivity contribution < 1.29 is 24.6 Å². The number of benzene rings is 2. The van der Waals surface area contributed by atoms with Gasteiger partial charge in [0.05, 0.1) is 17.2 Å². The van der Waals surface area contributed by atoms with Crippen LogP contribution in [0.25, 0.3) is 0 Å². The van der Waals surface area contributed by atoms with Crippen LogP contribution in [0, 0.1) is 12.8 Å². The Labute approximate surface area is 161 Å². The number of aromatic carboxylic acids is 1. The number of Topliss-reactive ketones (excluding diaryl/α,β-unsaturated/α-hetero) is 1. The zero-order valence-corrected chi connectivity index (χ0v) is 15.3. The van der Waals surface area contributed by atoms with E-state index < -0.39 is 23.7 Å². The zero-order chi connectivity index (χ0) is 20.0. The molecular weight excluding hydrogens is 358 g/mol. The topological polar surface area (TPSA) is 94.9 Å². The number of hydrogen-bond acceptors (Lipinski definition) is 4. The van der Waals surface area contributed by atoms with Crippen molar-refractivity contribution >= 4 is 23.3 Å². The number of nitrogens with zero attached hydrogens (tertiary/aromatic N) is 1. The maximum absolute atomic E-state index is 13.0. The van der Waals surface area contributed by atoms with Gasteiger partial charge in [0, 0.05) is 11.6 Å². The van der Waals surface area contributed by atoms with E-state index >= 15 is 0 Å². The highest BCUT2D eigenvalue weighted by atomic mass is 16.4. The van der Waals surface area contributed by atoms with Gasteiger partial charge >= 0.3 is 5.97 Å². The van der Waals surface area contributed by atoms with Gasteiger partial charge in [-0.2, -0.15) is 0 Å². The molecule has 6 nitrogen and oxygen atoms in total. The minimum atomic E-state index is -1.12. The molecular formula is C22H19NO5. The molecule has 0 unspecified atom stereocenters. The molecule has 6 heteroatoms. The fraction of sp³-hybridized carbons (Fsp3) is 0.227. The Hall–Kier alpha value is -3.41. The van der Waals surface area contributed by atoms with Gasteiger partial charge < -0.3 is 10.2 Å². The molecule has 0 bridgehead atoms. The summed E-state index contributed by atoms with van der Waals surface area (Å²) in [5, 5.41) is 19.9. The van der Waals surface area contributed by atoms with Crippen LogP contribution in [0.5, 0.6) is 0 Å². The molecule has 1 fully saturated rings. The SMILES string of the molecule is Cc1ccccc1[C@@H]1C(C(=O)C2CC2)=C(O)C(=O)N1c1cccc(C(=O)O)c1. The van der Waals surface area contributed by atoms with Gasteiger partial charge in [-0.15, -0.1) is 0 Å². The van der Waals surface area contributed by atoms with Crippen LogP contribution in [0.4, 0.5) is 5.69 Å². The first-order valence-corrected chi connectivity index (χ1v) is 9.10. The summed E-state index contributed by atoms with van der Waals surface area (Å²) < 4.78 is 0. The number of anilines is 1. The molecule has 1 saturated carbocycles. The molecule has 1 aliphatic carbocycles. The lowest BCUT2D eigenvalue weighted by Gasteiger charge is -2.28. The third-order valence-electron chi connectivity index (χ3n) is 5.28. The van der Waals surface area contributed by atoms with Gasteiger partial charge in [-0.05, 0) is 49.1 Å². The van der Waals surface area contributed by atoms with E-state index in [9.17, 15) is 24.6 Å². The van der Waals surface area contributed by atoms with Gasteiger partial charge in [0.25, 0.3) is 5.91 Å². The molecule has 4 rings (SSSR count). The third kappa shape index (κ3) is 2.87. The van der Waals surface area contributed by atoms with E-state index in [0.717, 1.165) is 24.0 Å². The van der Waals surface area contributed by atoms with Crippen molar-refractivity contribution in [2.45, 2.75) is 25.8 Å². The maximum atomic E-state index is 13.0. The van der Waals surface area contributed by atoms with E-state index in [-0.39, 0.29) is 22.8 Å². The summed E-state index contributed by atoms with van der Waals surface area (Å²) >= 11 is 0. The van der Waals surface area contributed by atoms with E-state index in [4.69, 9.17) is 0 Å². The van der Waals surface area contributed by atoms with Crippen LogP contribution in [0.15, 0.2) is 59.9 Å². The third-order valence-corrected chi connectivity index (χ3v) is 5.28. The summed E-state index contributed by atoms with van der Waals surface area (Å²) in [6.07, 6.45) is 1.50. The highest BCUT2D eigenvalue weighted by molar-refractivity contribution is 6.17. The van der Waals surface area contributed by atoms with Crippen molar-refractivity contribution in [3.63, 3.8) is 0 Å². The number of ketones is 1. The molecule has 142 valence electrons. The van der Waals surface area contributed by atoms with Gasteiger partial charge in [0.1, 0.15) is 0 Å². The van der Waals surface area contributed by atoms with Crippen molar-refractivity contribution in [2.75, 3.05) is 4.90 Å². The minimum absolute atomic E-state index is 0.0234. The largest absolute Gasteiger partial charge is 0.503 e. The average molecular weight is 377 g/mol. The standard InChI is InChI=1S/C22H19NO5/c1-12-5-2-3-8-16(12)18-17(19(24)13-9-10-13)20(25)21(26)23(18)15-7-4-6-14(11-15)22(27)28/h2-8,11,13,18,25H,9-10H2,1H3,(H,27,28)/t18-/m1/s1. The second-order valence-corrected chi connectivity index (χ2v) is 7.19. The van der Waals surface area contributed by atoms with Gasteiger partial charge in [-0.25, -0.2) is 4.79 Å². The number of hydrogen-bond donors (Lipinski definition) is 2. The van der Waals surface area contributed by atoms with Crippen molar-refractivity contribution in [1.82, 2.24) is 0 Å². The molecule has 1 atom stereocenters. The number of carboxylic acids is 1. The number of carbonyl (C=O) groups is 3. The van der Waals surface area contributed by atoms with Crippen LogP contribution < -0.4 is 4.90 Å². The highest BCUT2D eigenvalue weighted by Crippen LogP contribution is 2.45. The molecule has 1 aliphatic heterocycles. The smallest absolute Gasteiger partial charge is 0.335 e. The van der Waals surface area contributed by atoms with Gasteiger partial charge in [0.15, 0.2) is 11.5 Å². The van der Waals surface area contributed by atoms with Crippen LogP contribution in [0.1, 0.15) is 40.4 Å². The van der Waals surface area contributed by atoms with Crippen molar-refractivity contribution in [1.29, 1.82) is 0 Å². The number of aliphatic hydroxyl groups excluding tert-OH is 1. The van der Waals surface area contributed by atoms with Crippen LogP contribution in [0.2, 0.25) is 0 Å². The molecule has 0 radical (unpaired) electrons. The number of amides is 1. The Bertz CT molecular complexity index is 1030. The molecule has 2 aliphatic rings. The first kappa shape index (κ1) is 18.0. The second kappa shape index (κ2) is 6.64. The predicted octanol–water partition coefficient (Wildman–Crippen LogP) is 3.57. The molecule has 2 N–H and O–H groups in total. The van der Waals surface area contributed by atoms with Crippen LogP contribution in [-0.4, -0.2) is 27.9 Å². The predicted molar refractivity (Wildman–Crippen MR) is 102 cm³/mol. The summed E-state index contributed by atoms with van der Waals surface area (Å²) in [6, 6.07) is 12.5. The molecule has 28 heavy (non-hydrogen) atoms. The van der Waals surface area contributed by atoms with Crippen LogP contribution in [-0.2, 0) is 9.59 Å². The summed E-state index contributed by atoms with van der Waals surface area (Å²) in [7, 11) is 0.